The molecule has 0 aliphatic heterocycles. The lowest BCUT2D eigenvalue weighted by Crippen LogP contribution is -2.08. The van der Waals surface area contributed by atoms with Crippen LogP contribution in [0.4, 0.5) is 4.39 Å². The average Bonchev–Trinajstić information content (AvgIpc) is 2.32. The van der Waals surface area contributed by atoms with Gasteiger partial charge in [0.1, 0.15) is 11.6 Å². The molecular formula is C12H9FN2O2. The molecule has 0 spiro atoms. The largest absolute Gasteiger partial charge is 0.491 e. The maximum Gasteiger partial charge on any atom is 0.207 e. The van der Waals surface area contributed by atoms with Crippen molar-refractivity contribution in [2.45, 2.75) is 6.92 Å². The summed E-state index contributed by atoms with van der Waals surface area (Å²) >= 11 is 0. The Bertz CT molecular complexity index is 670. The minimum atomic E-state index is -0.542. The van der Waals surface area contributed by atoms with Crippen molar-refractivity contribution >= 4 is 10.9 Å². The molecule has 0 fully saturated rings. The average molecular weight is 232 g/mol. The molecule has 1 heterocycles. The number of pyridine rings is 1. The van der Waals surface area contributed by atoms with Gasteiger partial charge >= 0.3 is 0 Å². The van der Waals surface area contributed by atoms with Gasteiger partial charge in [-0.1, -0.05) is 0 Å². The van der Waals surface area contributed by atoms with Crippen molar-refractivity contribution in [2.24, 2.45) is 0 Å². The molecule has 86 valence electrons. The van der Waals surface area contributed by atoms with Gasteiger partial charge in [0.25, 0.3) is 0 Å². The van der Waals surface area contributed by atoms with Crippen LogP contribution in [0.2, 0.25) is 0 Å². The molecule has 0 aliphatic carbocycles. The molecule has 2 rings (SSSR count). The number of nitrogens with one attached hydrogen (secondary N) is 1. The highest BCUT2D eigenvalue weighted by Gasteiger charge is 2.10. The quantitative estimate of drug-likeness (QED) is 0.860. The van der Waals surface area contributed by atoms with Crippen molar-refractivity contribution in [2.75, 3.05) is 6.61 Å². The van der Waals surface area contributed by atoms with Gasteiger partial charge in [0.2, 0.25) is 5.43 Å². The predicted octanol–water partition coefficient (Wildman–Crippen LogP) is 1.94. The number of hydrogen-bond acceptors (Lipinski definition) is 3. The summed E-state index contributed by atoms with van der Waals surface area (Å²) in [5.74, 6) is -0.528. The zero-order chi connectivity index (χ0) is 12.4. The fraction of sp³-hybridized carbons (Fsp3) is 0.167. The zero-order valence-electron chi connectivity index (χ0n) is 9.08. The van der Waals surface area contributed by atoms with Gasteiger partial charge in [0.15, 0.2) is 11.6 Å². The summed E-state index contributed by atoms with van der Waals surface area (Å²) in [6.07, 6.45) is 1.27. The molecule has 1 aromatic carbocycles. The number of ether oxygens (including phenoxy) is 1. The fourth-order valence-electron chi connectivity index (χ4n) is 1.57. The molecular weight excluding hydrogens is 223 g/mol. The molecule has 4 nitrogen and oxygen atoms in total. The third-order valence-electron chi connectivity index (χ3n) is 2.35. The van der Waals surface area contributed by atoms with E-state index in [4.69, 9.17) is 10.00 Å². The summed E-state index contributed by atoms with van der Waals surface area (Å²) in [6.45, 7) is 2.03. The second-order valence-electron chi connectivity index (χ2n) is 3.40. The van der Waals surface area contributed by atoms with E-state index >= 15 is 0 Å². The van der Waals surface area contributed by atoms with Crippen molar-refractivity contribution in [3.63, 3.8) is 0 Å². The number of fused-ring (bicyclic) bond motifs is 1. The third-order valence-corrected chi connectivity index (χ3v) is 2.35. The van der Waals surface area contributed by atoms with Crippen molar-refractivity contribution in [1.82, 2.24) is 4.98 Å². The maximum absolute atomic E-state index is 13.5. The highest BCUT2D eigenvalue weighted by atomic mass is 19.1. The number of rotatable bonds is 2. The normalized spacial score (nSPS) is 10.2. The molecule has 0 amide bonds. The number of halogens is 1. The van der Waals surface area contributed by atoms with E-state index in [1.165, 1.54) is 18.3 Å². The van der Waals surface area contributed by atoms with Crippen LogP contribution in [0.15, 0.2) is 23.1 Å². The summed E-state index contributed by atoms with van der Waals surface area (Å²) in [6, 6.07) is 4.27. The van der Waals surface area contributed by atoms with E-state index in [-0.39, 0.29) is 16.7 Å². The Labute approximate surface area is 96.3 Å². The highest BCUT2D eigenvalue weighted by Crippen LogP contribution is 2.21. The van der Waals surface area contributed by atoms with Crippen molar-refractivity contribution < 1.29 is 9.13 Å². The number of hydrogen-bond donors (Lipinski definition) is 1. The molecule has 1 N–H and O–H groups in total. The Kier molecular flexibility index (Phi) is 2.79. The topological polar surface area (TPSA) is 65.9 Å². The Morgan fingerprint density at radius 3 is 2.94 bits per heavy atom. The van der Waals surface area contributed by atoms with Crippen LogP contribution >= 0.6 is 0 Å². The second-order valence-corrected chi connectivity index (χ2v) is 3.40. The first-order chi connectivity index (χ1) is 8.17. The van der Waals surface area contributed by atoms with E-state index in [0.29, 0.717) is 12.1 Å². The molecule has 0 saturated heterocycles. The molecule has 5 heteroatoms. The Morgan fingerprint density at radius 1 is 1.53 bits per heavy atom. The minimum Gasteiger partial charge on any atom is -0.491 e. The van der Waals surface area contributed by atoms with E-state index in [1.54, 1.807) is 13.0 Å². The number of H-pyrrole nitrogens is 1. The van der Waals surface area contributed by atoms with Gasteiger partial charge in [-0.25, -0.2) is 4.39 Å². The van der Waals surface area contributed by atoms with Gasteiger partial charge in [-0.15, -0.1) is 0 Å². The van der Waals surface area contributed by atoms with E-state index in [2.05, 4.69) is 4.98 Å². The van der Waals surface area contributed by atoms with Gasteiger partial charge < -0.3 is 9.72 Å². The molecule has 2 aromatic rings. The number of aromatic amines is 1. The first kappa shape index (κ1) is 11.1. The summed E-state index contributed by atoms with van der Waals surface area (Å²) in [4.78, 5) is 14.5. The zero-order valence-corrected chi connectivity index (χ0v) is 9.08. The molecule has 17 heavy (non-hydrogen) atoms. The first-order valence-electron chi connectivity index (χ1n) is 5.05. The van der Waals surface area contributed by atoms with Crippen LogP contribution in [0, 0.1) is 17.1 Å². The van der Waals surface area contributed by atoms with Gasteiger partial charge in [-0.2, -0.15) is 5.26 Å². The van der Waals surface area contributed by atoms with Gasteiger partial charge in [0.05, 0.1) is 17.5 Å². The Balaban J connectivity index is 2.78. The lowest BCUT2D eigenvalue weighted by Gasteiger charge is -2.06. The number of nitriles is 1. The van der Waals surface area contributed by atoms with E-state index in [1.807, 2.05) is 0 Å². The monoisotopic (exact) mass is 232 g/mol. The van der Waals surface area contributed by atoms with Crippen molar-refractivity contribution in [1.29, 1.82) is 5.26 Å². The lowest BCUT2D eigenvalue weighted by atomic mass is 10.1. The van der Waals surface area contributed by atoms with Crippen LogP contribution in [0.5, 0.6) is 5.75 Å². The third kappa shape index (κ3) is 1.85. The lowest BCUT2D eigenvalue weighted by molar-refractivity contribution is 0.322. The van der Waals surface area contributed by atoms with Crippen LogP contribution in [0.3, 0.4) is 0 Å². The molecule has 0 atom stereocenters. The fourth-order valence-corrected chi connectivity index (χ4v) is 1.57. The van der Waals surface area contributed by atoms with E-state index in [9.17, 15) is 9.18 Å². The summed E-state index contributed by atoms with van der Waals surface area (Å²) in [5, 5.41) is 8.97. The van der Waals surface area contributed by atoms with Gasteiger partial charge in [0, 0.05) is 12.3 Å². The van der Waals surface area contributed by atoms with Gasteiger partial charge in [-0.05, 0) is 13.0 Å². The number of benzene rings is 1. The first-order valence-corrected chi connectivity index (χ1v) is 5.05. The SMILES string of the molecule is CCOc1cc2c(=O)c(C#N)c[nH]c2cc1F. The van der Waals surface area contributed by atoms with E-state index < -0.39 is 11.2 Å². The van der Waals surface area contributed by atoms with Crippen molar-refractivity contribution in [3.8, 4) is 11.8 Å². The Hall–Kier alpha value is -2.35. The summed E-state index contributed by atoms with van der Waals surface area (Å²) in [7, 11) is 0. The smallest absolute Gasteiger partial charge is 0.207 e. The molecule has 1 aromatic heterocycles. The molecule has 0 saturated carbocycles. The summed E-state index contributed by atoms with van der Waals surface area (Å²) < 4.78 is 18.6. The second kappa shape index (κ2) is 4.26. The van der Waals surface area contributed by atoms with Crippen LogP contribution in [0.1, 0.15) is 12.5 Å². The predicted molar refractivity (Wildman–Crippen MR) is 60.4 cm³/mol. The number of aromatic nitrogens is 1. The van der Waals surface area contributed by atoms with E-state index in [0.717, 1.165) is 0 Å². The maximum atomic E-state index is 13.5. The van der Waals surface area contributed by atoms with Crippen molar-refractivity contribution in [3.05, 3.63) is 39.9 Å². The molecule has 0 aliphatic rings. The van der Waals surface area contributed by atoms with Crippen LogP contribution in [-0.4, -0.2) is 11.6 Å². The molecule has 0 unspecified atom stereocenters. The highest BCUT2D eigenvalue weighted by molar-refractivity contribution is 5.81. The number of nitrogens with zero attached hydrogens (tertiary/aromatic N) is 1. The molecule has 0 bridgehead atoms. The molecule has 0 radical (unpaired) electrons. The Morgan fingerprint density at radius 2 is 2.29 bits per heavy atom. The van der Waals surface area contributed by atoms with Crippen LogP contribution in [0.25, 0.3) is 10.9 Å². The van der Waals surface area contributed by atoms with Gasteiger partial charge in [-0.3, -0.25) is 4.79 Å². The minimum absolute atomic E-state index is 0.00782. The van der Waals surface area contributed by atoms with Crippen LogP contribution < -0.4 is 10.2 Å². The standard InChI is InChI=1S/C12H9FN2O2/c1-2-17-11-3-8-10(4-9(11)13)15-6-7(5-14)12(8)16/h3-4,6H,2H2,1H3,(H,15,16). The van der Waals surface area contributed by atoms with Crippen LogP contribution in [-0.2, 0) is 0 Å². The summed E-state index contributed by atoms with van der Waals surface area (Å²) in [5.41, 5.74) is -0.0938.